The normalized spacial score (nSPS) is 16.9. The quantitative estimate of drug-likeness (QED) is 0.607. The van der Waals surface area contributed by atoms with Crippen LogP contribution < -0.4 is 10.6 Å². The fourth-order valence-corrected chi connectivity index (χ4v) is 2.05. The summed E-state index contributed by atoms with van der Waals surface area (Å²) in [5, 5.41) is 14.0. The van der Waals surface area contributed by atoms with Crippen LogP contribution in [0.3, 0.4) is 0 Å². The molecule has 0 aromatic rings. The van der Waals surface area contributed by atoms with Gasteiger partial charge in [0, 0.05) is 6.54 Å². The minimum atomic E-state index is -0.881. The molecule has 1 rings (SSSR count). The van der Waals surface area contributed by atoms with Crippen molar-refractivity contribution in [2.75, 3.05) is 20.2 Å². The summed E-state index contributed by atoms with van der Waals surface area (Å²) in [5.74, 6) is -1.44. The minimum Gasteiger partial charge on any atom is -0.481 e. The molecule has 0 bridgehead atoms. The minimum absolute atomic E-state index is 0.0787. The van der Waals surface area contributed by atoms with Gasteiger partial charge in [0.1, 0.15) is 6.54 Å². The lowest BCUT2D eigenvalue weighted by atomic mass is 9.86. The Morgan fingerprint density at radius 3 is 2.33 bits per heavy atom. The van der Waals surface area contributed by atoms with E-state index in [9.17, 15) is 19.5 Å². The summed E-state index contributed by atoms with van der Waals surface area (Å²) in [6.07, 6.45) is 2.86. The highest BCUT2D eigenvalue weighted by molar-refractivity contribution is 5.81. The number of hydrogen-bond donors (Lipinski definition) is 3. The number of rotatable bonds is 5. The maximum absolute atomic E-state index is 11.4. The average Bonchev–Trinajstić information content (AvgIpc) is 2.83. The lowest BCUT2D eigenvalue weighted by molar-refractivity contribution is -0.148. The van der Waals surface area contributed by atoms with E-state index in [0.29, 0.717) is 12.8 Å². The average molecular weight is 258 g/mol. The van der Waals surface area contributed by atoms with E-state index in [1.807, 2.05) is 0 Å². The molecule has 102 valence electrons. The Labute approximate surface area is 105 Å². The number of nitrogens with one attached hydrogen (secondary N) is 2. The van der Waals surface area contributed by atoms with Crippen LogP contribution in [0.25, 0.3) is 0 Å². The largest absolute Gasteiger partial charge is 0.481 e. The fraction of sp³-hybridized carbons (Fsp3) is 0.727. The number of hydrogen-bond acceptors (Lipinski definition) is 4. The van der Waals surface area contributed by atoms with Crippen LogP contribution in [0.2, 0.25) is 0 Å². The van der Waals surface area contributed by atoms with E-state index in [4.69, 9.17) is 0 Å². The summed E-state index contributed by atoms with van der Waals surface area (Å²) >= 11 is 0. The molecule has 0 heterocycles. The second-order valence-electron chi connectivity index (χ2n) is 4.40. The first-order valence-electron chi connectivity index (χ1n) is 5.82. The van der Waals surface area contributed by atoms with Crippen LogP contribution in [-0.4, -0.2) is 43.3 Å². The number of carbonyl (C=O) groups is 3. The molecule has 1 fully saturated rings. The van der Waals surface area contributed by atoms with E-state index in [1.165, 1.54) is 7.11 Å². The molecule has 0 saturated heterocycles. The van der Waals surface area contributed by atoms with Gasteiger partial charge in [-0.05, 0) is 12.8 Å². The molecule has 0 spiro atoms. The molecule has 1 aliphatic carbocycles. The van der Waals surface area contributed by atoms with Crippen molar-refractivity contribution in [1.29, 1.82) is 0 Å². The molecule has 0 aromatic carbocycles. The number of amides is 2. The first-order valence-corrected chi connectivity index (χ1v) is 5.82. The van der Waals surface area contributed by atoms with Crippen LogP contribution in [0.1, 0.15) is 25.7 Å². The maximum atomic E-state index is 11.4. The van der Waals surface area contributed by atoms with Crippen molar-refractivity contribution in [3.05, 3.63) is 0 Å². The number of ether oxygens (including phenoxy) is 1. The second-order valence-corrected chi connectivity index (χ2v) is 4.40. The van der Waals surface area contributed by atoms with Crippen molar-refractivity contribution in [1.82, 2.24) is 10.6 Å². The van der Waals surface area contributed by atoms with Crippen LogP contribution in [-0.2, 0) is 14.3 Å². The lowest BCUT2D eigenvalue weighted by Gasteiger charge is -2.23. The third-order valence-corrected chi connectivity index (χ3v) is 3.22. The van der Waals surface area contributed by atoms with Gasteiger partial charge in [-0.1, -0.05) is 12.8 Å². The number of aliphatic carboxylic acids is 1. The molecule has 7 heteroatoms. The van der Waals surface area contributed by atoms with Gasteiger partial charge < -0.3 is 20.5 Å². The maximum Gasteiger partial charge on any atom is 0.325 e. The summed E-state index contributed by atoms with van der Waals surface area (Å²) in [6.45, 7) is -0.155. The highest BCUT2D eigenvalue weighted by atomic mass is 16.5. The molecule has 0 aromatic heterocycles. The van der Waals surface area contributed by atoms with E-state index in [-0.39, 0.29) is 13.1 Å². The number of esters is 1. The highest BCUT2D eigenvalue weighted by Crippen LogP contribution is 2.37. The van der Waals surface area contributed by atoms with Crippen LogP contribution in [0.4, 0.5) is 4.79 Å². The zero-order valence-corrected chi connectivity index (χ0v) is 10.3. The Morgan fingerprint density at radius 1 is 1.22 bits per heavy atom. The Kier molecular flexibility index (Phi) is 4.94. The molecule has 2 amide bonds. The number of carbonyl (C=O) groups excluding carboxylic acids is 2. The first kappa shape index (κ1) is 14.3. The van der Waals surface area contributed by atoms with Crippen molar-refractivity contribution >= 4 is 18.0 Å². The van der Waals surface area contributed by atoms with Gasteiger partial charge in [-0.3, -0.25) is 9.59 Å². The topological polar surface area (TPSA) is 105 Å². The molecule has 0 unspecified atom stereocenters. The number of carboxylic acid groups (broad SMARTS) is 1. The number of methoxy groups -OCH3 is 1. The SMILES string of the molecule is COC(=O)CNC(=O)NCC1(C(=O)O)CCCC1. The van der Waals surface area contributed by atoms with E-state index in [0.717, 1.165) is 12.8 Å². The van der Waals surface area contributed by atoms with E-state index < -0.39 is 23.4 Å². The first-order chi connectivity index (χ1) is 8.50. The van der Waals surface area contributed by atoms with Gasteiger partial charge in [-0.25, -0.2) is 4.79 Å². The Hall–Kier alpha value is -1.79. The zero-order valence-electron chi connectivity index (χ0n) is 10.3. The van der Waals surface area contributed by atoms with Crippen molar-refractivity contribution in [2.24, 2.45) is 5.41 Å². The lowest BCUT2D eigenvalue weighted by Crippen LogP contribution is -2.46. The van der Waals surface area contributed by atoms with Crippen molar-refractivity contribution in [2.45, 2.75) is 25.7 Å². The monoisotopic (exact) mass is 258 g/mol. The molecule has 18 heavy (non-hydrogen) atoms. The molecule has 1 aliphatic rings. The van der Waals surface area contributed by atoms with Gasteiger partial charge in [0.25, 0.3) is 0 Å². The van der Waals surface area contributed by atoms with Crippen LogP contribution in [0, 0.1) is 5.41 Å². The van der Waals surface area contributed by atoms with Crippen LogP contribution in [0.5, 0.6) is 0 Å². The Morgan fingerprint density at radius 2 is 1.83 bits per heavy atom. The van der Waals surface area contributed by atoms with Gasteiger partial charge in [-0.15, -0.1) is 0 Å². The third kappa shape index (κ3) is 3.61. The molecule has 1 saturated carbocycles. The second kappa shape index (κ2) is 6.23. The van der Waals surface area contributed by atoms with Gasteiger partial charge in [0.05, 0.1) is 12.5 Å². The molecule has 0 atom stereocenters. The number of carboxylic acids is 1. The molecule has 0 radical (unpaired) electrons. The van der Waals surface area contributed by atoms with E-state index >= 15 is 0 Å². The molecular weight excluding hydrogens is 240 g/mol. The van der Waals surface area contributed by atoms with Crippen molar-refractivity contribution < 1.29 is 24.2 Å². The summed E-state index contributed by atoms with van der Waals surface area (Å²) < 4.78 is 4.36. The summed E-state index contributed by atoms with van der Waals surface area (Å²) in [5.41, 5.74) is -0.859. The molecule has 3 N–H and O–H groups in total. The standard InChI is InChI=1S/C11H18N2O5/c1-18-8(14)6-12-10(17)13-7-11(9(15)16)4-2-3-5-11/h2-7H2,1H3,(H,15,16)(H2,12,13,17). The highest BCUT2D eigenvalue weighted by Gasteiger charge is 2.41. The van der Waals surface area contributed by atoms with E-state index in [2.05, 4.69) is 15.4 Å². The van der Waals surface area contributed by atoms with Gasteiger partial charge in [-0.2, -0.15) is 0 Å². The van der Waals surface area contributed by atoms with Gasteiger partial charge >= 0.3 is 18.0 Å². The Bertz CT molecular complexity index is 336. The summed E-state index contributed by atoms with van der Waals surface area (Å²) in [6, 6.07) is -0.562. The van der Waals surface area contributed by atoms with Gasteiger partial charge in [0.15, 0.2) is 0 Å². The molecule has 7 nitrogen and oxygen atoms in total. The van der Waals surface area contributed by atoms with Gasteiger partial charge in [0.2, 0.25) is 0 Å². The summed E-state index contributed by atoms with van der Waals surface area (Å²) in [4.78, 5) is 33.4. The summed E-state index contributed by atoms with van der Waals surface area (Å²) in [7, 11) is 1.22. The smallest absolute Gasteiger partial charge is 0.325 e. The Balaban J connectivity index is 2.36. The van der Waals surface area contributed by atoms with Crippen molar-refractivity contribution in [3.8, 4) is 0 Å². The molecule has 0 aliphatic heterocycles. The number of urea groups is 1. The predicted molar refractivity (Wildman–Crippen MR) is 62.0 cm³/mol. The van der Waals surface area contributed by atoms with E-state index in [1.54, 1.807) is 0 Å². The fourth-order valence-electron chi connectivity index (χ4n) is 2.05. The zero-order chi connectivity index (χ0) is 13.6. The van der Waals surface area contributed by atoms with Crippen LogP contribution in [0.15, 0.2) is 0 Å². The van der Waals surface area contributed by atoms with Crippen molar-refractivity contribution in [3.63, 3.8) is 0 Å². The third-order valence-electron chi connectivity index (χ3n) is 3.22. The predicted octanol–water partition coefficient (Wildman–Crippen LogP) is 0.104. The molecular formula is C11H18N2O5. The van der Waals surface area contributed by atoms with Crippen LogP contribution >= 0.6 is 0 Å².